The number of nitrogens with zero attached hydrogens (tertiary/aromatic N) is 3. The topological polar surface area (TPSA) is 54.2 Å². The van der Waals surface area contributed by atoms with E-state index in [1.807, 2.05) is 25.1 Å². The second-order valence-corrected chi connectivity index (χ2v) is 7.16. The molecule has 28 heavy (non-hydrogen) atoms. The van der Waals surface area contributed by atoms with Gasteiger partial charge in [-0.2, -0.15) is 4.98 Å². The Morgan fingerprint density at radius 3 is 2.57 bits per heavy atom. The maximum Gasteiger partial charge on any atom is 0.226 e. The zero-order valence-corrected chi connectivity index (χ0v) is 16.1. The lowest BCUT2D eigenvalue weighted by atomic mass is 10.0. The Morgan fingerprint density at radius 1 is 1.11 bits per heavy atom. The zero-order chi connectivity index (χ0) is 19.3. The molecule has 5 nitrogen and oxygen atoms in total. The van der Waals surface area contributed by atoms with Gasteiger partial charge in [0.25, 0.3) is 0 Å². The molecule has 1 saturated heterocycles. The van der Waals surface area contributed by atoms with Crippen LogP contribution < -0.4 is 10.2 Å². The molecular weight excluding hydrogens is 355 g/mol. The van der Waals surface area contributed by atoms with Crippen molar-refractivity contribution in [1.82, 2.24) is 15.5 Å². The number of rotatable bonds is 6. The molecule has 0 atom stereocenters. The van der Waals surface area contributed by atoms with Crippen molar-refractivity contribution in [3.05, 3.63) is 66.1 Å². The first kappa shape index (κ1) is 18.6. The average Bonchev–Trinajstić information content (AvgIpc) is 3.21. The molecule has 0 unspecified atom stereocenters. The fourth-order valence-electron chi connectivity index (χ4n) is 3.63. The van der Waals surface area contributed by atoms with E-state index in [9.17, 15) is 4.39 Å². The molecule has 1 aliphatic rings. The maximum absolute atomic E-state index is 13.5. The number of benzene rings is 2. The van der Waals surface area contributed by atoms with Crippen LogP contribution in [0.25, 0.3) is 11.1 Å². The second-order valence-electron chi connectivity index (χ2n) is 7.16. The zero-order valence-electron chi connectivity index (χ0n) is 16.1. The number of anilines is 1. The van der Waals surface area contributed by atoms with Gasteiger partial charge in [0.05, 0.1) is 6.54 Å². The summed E-state index contributed by atoms with van der Waals surface area (Å²) in [5.41, 5.74) is 3.14. The Labute approximate surface area is 164 Å². The van der Waals surface area contributed by atoms with Crippen molar-refractivity contribution in [3.8, 4) is 11.1 Å². The number of piperidine rings is 1. The highest BCUT2D eigenvalue weighted by Gasteiger charge is 2.20. The van der Waals surface area contributed by atoms with Crippen molar-refractivity contribution >= 4 is 5.69 Å². The van der Waals surface area contributed by atoms with E-state index < -0.39 is 0 Å². The van der Waals surface area contributed by atoms with E-state index >= 15 is 0 Å². The van der Waals surface area contributed by atoms with Crippen molar-refractivity contribution in [1.29, 1.82) is 0 Å². The summed E-state index contributed by atoms with van der Waals surface area (Å²) in [6.07, 6.45) is 2.88. The highest BCUT2D eigenvalue weighted by Crippen LogP contribution is 2.27. The molecule has 3 aromatic rings. The minimum absolute atomic E-state index is 0.206. The highest BCUT2D eigenvalue weighted by atomic mass is 19.1. The van der Waals surface area contributed by atoms with Gasteiger partial charge in [-0.15, -0.1) is 0 Å². The minimum atomic E-state index is -0.206. The van der Waals surface area contributed by atoms with Crippen LogP contribution >= 0.6 is 0 Å². The van der Waals surface area contributed by atoms with E-state index in [1.165, 1.54) is 11.8 Å². The maximum atomic E-state index is 13.5. The molecule has 0 radical (unpaired) electrons. The lowest BCUT2D eigenvalue weighted by molar-refractivity contribution is 0.367. The van der Waals surface area contributed by atoms with Crippen LogP contribution in [0.4, 0.5) is 10.1 Å². The number of nitrogens with one attached hydrogen (secondary N) is 1. The third-order valence-corrected chi connectivity index (χ3v) is 5.23. The Bertz CT molecular complexity index is 918. The monoisotopic (exact) mass is 380 g/mol. The number of aryl methyl sites for hydroxylation is 1. The summed E-state index contributed by atoms with van der Waals surface area (Å²) in [6, 6.07) is 15.5. The molecule has 6 heteroatoms. The van der Waals surface area contributed by atoms with E-state index in [0.29, 0.717) is 18.5 Å². The fraction of sp³-hybridized carbons (Fsp3) is 0.364. The summed E-state index contributed by atoms with van der Waals surface area (Å²) in [6.45, 7) is 4.61. The summed E-state index contributed by atoms with van der Waals surface area (Å²) < 4.78 is 18.7. The molecule has 2 heterocycles. The van der Waals surface area contributed by atoms with E-state index in [1.54, 1.807) is 12.1 Å². The molecule has 0 saturated carbocycles. The van der Waals surface area contributed by atoms with Crippen molar-refractivity contribution in [3.63, 3.8) is 0 Å². The number of halogens is 1. The van der Waals surface area contributed by atoms with Crippen LogP contribution in [0.1, 0.15) is 31.5 Å². The average molecular weight is 380 g/mol. The molecule has 0 amide bonds. The van der Waals surface area contributed by atoms with E-state index in [-0.39, 0.29) is 5.82 Å². The van der Waals surface area contributed by atoms with Crippen LogP contribution in [0.2, 0.25) is 0 Å². The molecule has 1 fully saturated rings. The lowest BCUT2D eigenvalue weighted by Gasteiger charge is -2.34. The van der Waals surface area contributed by atoms with Crippen molar-refractivity contribution < 1.29 is 8.91 Å². The molecule has 146 valence electrons. The van der Waals surface area contributed by atoms with Gasteiger partial charge in [-0.3, -0.25) is 0 Å². The van der Waals surface area contributed by atoms with E-state index in [2.05, 4.69) is 32.5 Å². The third-order valence-electron chi connectivity index (χ3n) is 5.23. The molecule has 0 aliphatic carbocycles. The Balaban J connectivity index is 1.34. The second kappa shape index (κ2) is 8.52. The van der Waals surface area contributed by atoms with Gasteiger partial charge in [-0.05, 0) is 48.2 Å². The Morgan fingerprint density at radius 2 is 1.86 bits per heavy atom. The molecule has 1 aliphatic heterocycles. The molecular formula is C22H25FN4O. The Kier molecular flexibility index (Phi) is 5.67. The first-order valence-electron chi connectivity index (χ1n) is 9.87. The van der Waals surface area contributed by atoms with E-state index in [0.717, 1.165) is 49.3 Å². The number of aromatic nitrogens is 2. The molecule has 1 aromatic heterocycles. The summed E-state index contributed by atoms with van der Waals surface area (Å²) >= 11 is 0. The Hall–Kier alpha value is -2.73. The van der Waals surface area contributed by atoms with Crippen molar-refractivity contribution in [2.75, 3.05) is 18.0 Å². The van der Waals surface area contributed by atoms with Crippen molar-refractivity contribution in [2.45, 2.75) is 38.8 Å². The van der Waals surface area contributed by atoms with Crippen molar-refractivity contribution in [2.24, 2.45) is 0 Å². The standard InChI is InChI=1S/C22H25FN4O/c1-2-22-25-21(26-28-22)15-24-19-9-11-27(12-10-19)20-8-4-6-17(14-20)16-5-3-7-18(23)13-16/h3-8,13-14,19,24H,2,9-12,15H2,1H3. The van der Waals surface area contributed by atoms with Gasteiger partial charge >= 0.3 is 0 Å². The summed E-state index contributed by atoms with van der Waals surface area (Å²) in [5.74, 6) is 1.20. The SMILES string of the molecule is CCc1nc(CNC2CCN(c3cccc(-c4cccc(F)c4)c3)CC2)no1. The number of hydrogen-bond donors (Lipinski definition) is 1. The predicted molar refractivity (Wildman–Crippen MR) is 108 cm³/mol. The molecule has 1 N–H and O–H groups in total. The molecule has 4 rings (SSSR count). The molecule has 0 spiro atoms. The quantitative estimate of drug-likeness (QED) is 0.695. The largest absolute Gasteiger partial charge is 0.371 e. The van der Waals surface area contributed by atoms with E-state index in [4.69, 9.17) is 4.52 Å². The van der Waals surface area contributed by atoms with Crippen LogP contribution in [-0.2, 0) is 13.0 Å². The van der Waals surface area contributed by atoms with Crippen LogP contribution in [0, 0.1) is 5.82 Å². The lowest BCUT2D eigenvalue weighted by Crippen LogP contribution is -2.42. The van der Waals surface area contributed by atoms with Gasteiger partial charge < -0.3 is 14.7 Å². The first-order valence-corrected chi connectivity index (χ1v) is 9.87. The predicted octanol–water partition coefficient (Wildman–Crippen LogP) is 4.20. The third kappa shape index (κ3) is 4.39. The normalized spacial score (nSPS) is 15.1. The molecule has 2 aromatic carbocycles. The van der Waals surface area contributed by atoms with Crippen LogP contribution in [0.3, 0.4) is 0 Å². The van der Waals surface area contributed by atoms with Gasteiger partial charge in [-0.1, -0.05) is 36.3 Å². The number of hydrogen-bond acceptors (Lipinski definition) is 5. The van der Waals surface area contributed by atoms with Gasteiger partial charge in [-0.25, -0.2) is 4.39 Å². The summed E-state index contributed by atoms with van der Waals surface area (Å²) in [7, 11) is 0. The van der Waals surface area contributed by atoms with Crippen LogP contribution in [-0.4, -0.2) is 29.3 Å². The van der Waals surface area contributed by atoms with Gasteiger partial charge in [0.1, 0.15) is 5.82 Å². The van der Waals surface area contributed by atoms with Crippen LogP contribution in [0.15, 0.2) is 53.1 Å². The molecule has 0 bridgehead atoms. The highest BCUT2D eigenvalue weighted by molar-refractivity contribution is 5.68. The minimum Gasteiger partial charge on any atom is -0.371 e. The fourth-order valence-corrected chi connectivity index (χ4v) is 3.63. The summed E-state index contributed by atoms with van der Waals surface area (Å²) in [4.78, 5) is 6.74. The first-order chi connectivity index (χ1) is 13.7. The van der Waals surface area contributed by atoms with Crippen LogP contribution in [0.5, 0.6) is 0 Å². The van der Waals surface area contributed by atoms with Gasteiger partial charge in [0, 0.05) is 31.2 Å². The summed E-state index contributed by atoms with van der Waals surface area (Å²) in [5, 5.41) is 7.53. The smallest absolute Gasteiger partial charge is 0.226 e. The van der Waals surface area contributed by atoms with Gasteiger partial charge in [0.15, 0.2) is 5.82 Å². The van der Waals surface area contributed by atoms with Gasteiger partial charge in [0.2, 0.25) is 5.89 Å².